The van der Waals surface area contributed by atoms with Gasteiger partial charge in [0.2, 0.25) is 0 Å². The summed E-state index contributed by atoms with van der Waals surface area (Å²) in [5.74, 6) is -1.69. The normalized spacial score (nSPS) is 10.8. The molecule has 1 N–H and O–H groups in total. The predicted octanol–water partition coefficient (Wildman–Crippen LogP) is 4.71. The maximum Gasteiger partial charge on any atom is 0.352 e. The van der Waals surface area contributed by atoms with E-state index in [1.54, 1.807) is 10.6 Å². The number of carboxylic acid groups (broad SMARTS) is 1. The Hall–Kier alpha value is -1.52. The molecule has 1 aromatic heterocycles. The molecule has 2 rings (SSSR count). The zero-order chi connectivity index (χ0) is 14.9. The summed E-state index contributed by atoms with van der Waals surface area (Å²) in [6.45, 7) is 2.48. The highest BCUT2D eigenvalue weighted by atomic mass is 35.5. The molecule has 0 radical (unpaired) electrons. The van der Waals surface area contributed by atoms with Crippen molar-refractivity contribution in [3.63, 3.8) is 0 Å². The third-order valence-corrected chi connectivity index (χ3v) is 3.48. The van der Waals surface area contributed by atoms with Crippen LogP contribution in [0.1, 0.15) is 23.8 Å². The van der Waals surface area contributed by atoms with Crippen molar-refractivity contribution in [1.82, 2.24) is 4.57 Å². The quantitative estimate of drug-likeness (QED) is 0.830. The predicted molar refractivity (Wildman–Crippen MR) is 77.1 cm³/mol. The van der Waals surface area contributed by atoms with Gasteiger partial charge in [-0.15, -0.1) is 0 Å². The molecule has 0 saturated heterocycles. The van der Waals surface area contributed by atoms with Crippen molar-refractivity contribution in [3.05, 3.63) is 45.8 Å². The Labute approximate surface area is 125 Å². The summed E-state index contributed by atoms with van der Waals surface area (Å²) in [6, 6.07) is 6.06. The fraction of sp³-hybridized carbons (Fsp3) is 0.214. The van der Waals surface area contributed by atoms with Gasteiger partial charge in [0.25, 0.3) is 0 Å². The van der Waals surface area contributed by atoms with E-state index in [0.717, 1.165) is 6.42 Å². The Kier molecular flexibility index (Phi) is 4.35. The Bertz CT molecular complexity index is 644. The topological polar surface area (TPSA) is 42.2 Å². The van der Waals surface area contributed by atoms with Gasteiger partial charge in [-0.2, -0.15) is 0 Å². The van der Waals surface area contributed by atoms with Crippen LogP contribution in [0.5, 0.6) is 0 Å². The summed E-state index contributed by atoms with van der Waals surface area (Å²) in [6.07, 6.45) is 0.768. The molecule has 0 unspecified atom stereocenters. The minimum Gasteiger partial charge on any atom is -0.477 e. The molecule has 2 aromatic rings. The Balaban J connectivity index is 2.60. The molecule has 3 nitrogen and oxygen atoms in total. The summed E-state index contributed by atoms with van der Waals surface area (Å²) in [5.41, 5.74) is 1.41. The van der Waals surface area contributed by atoms with Gasteiger partial charge in [0.05, 0.1) is 10.0 Å². The molecule has 0 spiro atoms. The maximum absolute atomic E-state index is 13.4. The number of hydrogen-bond acceptors (Lipinski definition) is 1. The number of benzene rings is 1. The number of carboxylic acids is 1. The summed E-state index contributed by atoms with van der Waals surface area (Å²) in [4.78, 5) is 11.2. The second-order valence-electron chi connectivity index (χ2n) is 4.31. The monoisotopic (exact) mass is 315 g/mol. The molecule has 0 amide bonds. The number of hydrogen-bond donors (Lipinski definition) is 1. The molecule has 0 atom stereocenters. The van der Waals surface area contributed by atoms with Crippen LogP contribution in [0.15, 0.2) is 24.3 Å². The van der Waals surface area contributed by atoms with Crippen LogP contribution >= 0.6 is 23.2 Å². The second kappa shape index (κ2) is 5.85. The van der Waals surface area contributed by atoms with E-state index in [2.05, 4.69) is 0 Å². The lowest BCUT2D eigenvalue weighted by atomic mass is 10.1. The lowest BCUT2D eigenvalue weighted by Gasteiger charge is -2.11. The van der Waals surface area contributed by atoms with Gasteiger partial charge < -0.3 is 9.67 Å². The van der Waals surface area contributed by atoms with Gasteiger partial charge in [-0.05, 0) is 30.7 Å². The van der Waals surface area contributed by atoms with Gasteiger partial charge in [-0.25, -0.2) is 9.18 Å². The van der Waals surface area contributed by atoms with Gasteiger partial charge in [-0.3, -0.25) is 0 Å². The van der Waals surface area contributed by atoms with E-state index in [4.69, 9.17) is 23.2 Å². The number of aromatic carboxylic acids is 1. The standard InChI is InChI=1S/C14H12Cl2FNO2/c1-2-5-18-11(3-4-12(18)14(19)20)8-6-9(15)13(17)10(16)7-8/h3-4,6-7H,2,5H2,1H3,(H,19,20). The van der Waals surface area contributed by atoms with E-state index in [1.807, 2.05) is 6.92 Å². The number of halogens is 3. The summed E-state index contributed by atoms with van der Waals surface area (Å²) in [5, 5.41) is 8.99. The molecule has 0 fully saturated rings. The van der Waals surface area contributed by atoms with Crippen molar-refractivity contribution in [1.29, 1.82) is 0 Å². The zero-order valence-electron chi connectivity index (χ0n) is 10.7. The summed E-state index contributed by atoms with van der Waals surface area (Å²) < 4.78 is 15.1. The summed E-state index contributed by atoms with van der Waals surface area (Å²) >= 11 is 11.6. The number of rotatable bonds is 4. The lowest BCUT2D eigenvalue weighted by Crippen LogP contribution is -2.09. The fourth-order valence-electron chi connectivity index (χ4n) is 2.07. The van der Waals surface area contributed by atoms with Gasteiger partial charge in [0, 0.05) is 17.8 Å². The third-order valence-electron chi connectivity index (χ3n) is 2.93. The average molecular weight is 316 g/mol. The van der Waals surface area contributed by atoms with Crippen LogP contribution < -0.4 is 0 Å². The second-order valence-corrected chi connectivity index (χ2v) is 5.13. The largest absolute Gasteiger partial charge is 0.477 e. The van der Waals surface area contributed by atoms with Crippen LogP contribution in [-0.4, -0.2) is 15.6 Å². The van der Waals surface area contributed by atoms with Crippen LogP contribution in [0, 0.1) is 5.82 Å². The molecule has 0 aliphatic rings. The van der Waals surface area contributed by atoms with Gasteiger partial charge in [0.15, 0.2) is 5.82 Å². The van der Waals surface area contributed by atoms with E-state index in [9.17, 15) is 14.3 Å². The molecule has 106 valence electrons. The van der Waals surface area contributed by atoms with Gasteiger partial charge in [-0.1, -0.05) is 30.1 Å². The van der Waals surface area contributed by atoms with Crippen LogP contribution in [-0.2, 0) is 6.54 Å². The minimum absolute atomic E-state index is 0.0892. The Morgan fingerprint density at radius 3 is 2.40 bits per heavy atom. The first-order valence-electron chi connectivity index (χ1n) is 6.03. The smallest absolute Gasteiger partial charge is 0.352 e. The van der Waals surface area contributed by atoms with E-state index in [1.165, 1.54) is 18.2 Å². The maximum atomic E-state index is 13.4. The molecule has 20 heavy (non-hydrogen) atoms. The van der Waals surface area contributed by atoms with Crippen molar-refractivity contribution < 1.29 is 14.3 Å². The van der Waals surface area contributed by atoms with E-state index >= 15 is 0 Å². The first kappa shape index (κ1) is 14.9. The Morgan fingerprint density at radius 2 is 1.90 bits per heavy atom. The Morgan fingerprint density at radius 1 is 1.30 bits per heavy atom. The van der Waals surface area contributed by atoms with Crippen LogP contribution in [0.2, 0.25) is 10.0 Å². The van der Waals surface area contributed by atoms with Gasteiger partial charge >= 0.3 is 5.97 Å². The van der Waals surface area contributed by atoms with E-state index in [0.29, 0.717) is 17.8 Å². The highest BCUT2D eigenvalue weighted by molar-refractivity contribution is 6.35. The minimum atomic E-state index is -1.01. The van der Waals surface area contributed by atoms with Crippen molar-refractivity contribution >= 4 is 29.2 Å². The fourth-order valence-corrected chi connectivity index (χ4v) is 2.56. The highest BCUT2D eigenvalue weighted by Crippen LogP contribution is 2.31. The molecule has 0 aliphatic carbocycles. The van der Waals surface area contributed by atoms with Crippen LogP contribution in [0.4, 0.5) is 4.39 Å². The van der Waals surface area contributed by atoms with Crippen molar-refractivity contribution in [2.75, 3.05) is 0 Å². The third kappa shape index (κ3) is 2.67. The van der Waals surface area contributed by atoms with Crippen molar-refractivity contribution in [2.24, 2.45) is 0 Å². The molecule has 6 heteroatoms. The molecule has 0 saturated carbocycles. The molecule has 0 aliphatic heterocycles. The number of nitrogens with zero attached hydrogens (tertiary/aromatic N) is 1. The average Bonchev–Trinajstić information content (AvgIpc) is 2.79. The van der Waals surface area contributed by atoms with Crippen molar-refractivity contribution in [2.45, 2.75) is 19.9 Å². The zero-order valence-corrected chi connectivity index (χ0v) is 12.2. The van der Waals surface area contributed by atoms with Crippen molar-refractivity contribution in [3.8, 4) is 11.3 Å². The van der Waals surface area contributed by atoms with Crippen LogP contribution in [0.25, 0.3) is 11.3 Å². The van der Waals surface area contributed by atoms with E-state index < -0.39 is 11.8 Å². The number of aromatic nitrogens is 1. The van der Waals surface area contributed by atoms with Crippen LogP contribution in [0.3, 0.4) is 0 Å². The SMILES string of the molecule is CCCn1c(C(=O)O)ccc1-c1cc(Cl)c(F)c(Cl)c1. The molecular formula is C14H12Cl2FNO2. The molecular weight excluding hydrogens is 304 g/mol. The molecule has 0 bridgehead atoms. The molecule has 1 aromatic carbocycles. The first-order valence-corrected chi connectivity index (χ1v) is 6.79. The summed E-state index contributed by atoms with van der Waals surface area (Å²) in [7, 11) is 0. The first-order chi connectivity index (χ1) is 9.45. The number of carbonyl (C=O) groups is 1. The highest BCUT2D eigenvalue weighted by Gasteiger charge is 2.16. The van der Waals surface area contributed by atoms with Gasteiger partial charge in [0.1, 0.15) is 5.69 Å². The molecule has 1 heterocycles. The lowest BCUT2D eigenvalue weighted by molar-refractivity contribution is 0.0685. The van der Waals surface area contributed by atoms with E-state index in [-0.39, 0.29) is 15.7 Å².